The molecule has 0 aromatic carbocycles. The lowest BCUT2D eigenvalue weighted by Crippen LogP contribution is -2.32. The minimum Gasteiger partial charge on any atom is -0.456 e. The molecule has 9 heteroatoms. The summed E-state index contributed by atoms with van der Waals surface area (Å²) in [5.74, 6) is -0.746. The number of urea groups is 1. The predicted octanol–water partition coefficient (Wildman–Crippen LogP) is 6.59. The molecule has 0 bridgehead atoms. The van der Waals surface area contributed by atoms with Gasteiger partial charge >= 0.3 is 12.0 Å². The van der Waals surface area contributed by atoms with Gasteiger partial charge in [0.05, 0.1) is 10.4 Å². The van der Waals surface area contributed by atoms with Crippen LogP contribution in [0.2, 0.25) is 0 Å². The first kappa shape index (κ1) is 31.3. The van der Waals surface area contributed by atoms with E-state index in [4.69, 9.17) is 4.74 Å². The first-order valence-corrected chi connectivity index (χ1v) is 14.5. The number of hydrogen-bond acceptors (Lipinski definition) is 6. The largest absolute Gasteiger partial charge is 0.456 e. The average Bonchev–Trinajstić information content (AvgIpc) is 3.18. The van der Waals surface area contributed by atoms with Crippen molar-refractivity contribution in [1.82, 2.24) is 15.2 Å². The Morgan fingerprint density at radius 3 is 2.39 bits per heavy atom. The highest BCUT2D eigenvalue weighted by atomic mass is 32.1. The van der Waals surface area contributed by atoms with Crippen LogP contribution in [0.5, 0.6) is 0 Å². The number of ether oxygens (including phenoxy) is 1. The molecule has 3 amide bonds. The van der Waals surface area contributed by atoms with Crippen LogP contribution in [0.25, 0.3) is 0 Å². The fourth-order valence-corrected chi connectivity index (χ4v) is 5.14. The van der Waals surface area contributed by atoms with Crippen LogP contribution in [0.3, 0.4) is 0 Å². The number of carbonyl (C=O) groups excluding carboxylic acids is 3. The highest BCUT2D eigenvalue weighted by Crippen LogP contribution is 2.35. The Labute approximate surface area is 231 Å². The number of likely N-dealkylation sites (N-methyl/N-ethyl adjacent to an activating group) is 1. The van der Waals surface area contributed by atoms with Crippen molar-refractivity contribution in [3.05, 3.63) is 46.1 Å². The summed E-state index contributed by atoms with van der Waals surface area (Å²) >= 11 is 1.12. The van der Waals surface area contributed by atoms with Crippen LogP contribution < -0.4 is 10.6 Å². The SMILES string of the molecule is CCCCCCCCNC(=O)Nc1sc(C(=O)N(CC)CCc2ccccn2)c(C)c1C(=O)OC(C)(C)C. The number of anilines is 1. The molecular weight excluding hydrogens is 500 g/mol. The summed E-state index contributed by atoms with van der Waals surface area (Å²) in [7, 11) is 0. The molecule has 2 aromatic rings. The van der Waals surface area contributed by atoms with Gasteiger partial charge in [-0.25, -0.2) is 9.59 Å². The second-order valence-electron chi connectivity index (χ2n) is 10.4. The Balaban J connectivity index is 2.17. The van der Waals surface area contributed by atoms with Crippen molar-refractivity contribution >= 4 is 34.2 Å². The smallest absolute Gasteiger partial charge is 0.341 e. The Hall–Kier alpha value is -2.94. The van der Waals surface area contributed by atoms with E-state index in [1.807, 2.05) is 25.1 Å². The van der Waals surface area contributed by atoms with Gasteiger partial charge in [-0.3, -0.25) is 15.1 Å². The van der Waals surface area contributed by atoms with Crippen molar-refractivity contribution in [3.63, 3.8) is 0 Å². The van der Waals surface area contributed by atoms with Gasteiger partial charge in [0.2, 0.25) is 0 Å². The number of nitrogens with zero attached hydrogens (tertiary/aromatic N) is 2. The van der Waals surface area contributed by atoms with Gasteiger partial charge in [0.25, 0.3) is 5.91 Å². The van der Waals surface area contributed by atoms with Gasteiger partial charge in [0, 0.05) is 37.9 Å². The normalized spacial score (nSPS) is 11.2. The number of esters is 1. The molecule has 0 saturated heterocycles. The minimum atomic E-state index is -0.717. The molecule has 2 rings (SSSR count). The molecule has 38 heavy (non-hydrogen) atoms. The van der Waals surface area contributed by atoms with Crippen molar-refractivity contribution in [1.29, 1.82) is 0 Å². The molecule has 0 aliphatic carbocycles. The van der Waals surface area contributed by atoms with E-state index in [0.29, 0.717) is 41.5 Å². The zero-order valence-electron chi connectivity index (χ0n) is 23.8. The summed E-state index contributed by atoms with van der Waals surface area (Å²) < 4.78 is 5.62. The van der Waals surface area contributed by atoms with E-state index in [1.165, 1.54) is 19.3 Å². The number of nitrogens with one attached hydrogen (secondary N) is 2. The van der Waals surface area contributed by atoms with Crippen molar-refractivity contribution in [2.45, 2.75) is 92.1 Å². The third-order valence-corrected chi connectivity index (χ3v) is 7.22. The first-order chi connectivity index (χ1) is 18.1. The van der Waals surface area contributed by atoms with E-state index in [9.17, 15) is 14.4 Å². The summed E-state index contributed by atoms with van der Waals surface area (Å²) in [6.07, 6.45) is 9.11. The summed E-state index contributed by atoms with van der Waals surface area (Å²) in [6, 6.07) is 5.32. The maximum absolute atomic E-state index is 13.5. The van der Waals surface area contributed by atoms with Crippen LogP contribution >= 0.6 is 11.3 Å². The number of amides is 3. The van der Waals surface area contributed by atoms with Crippen LogP contribution in [0.1, 0.15) is 104 Å². The number of aromatic nitrogens is 1. The van der Waals surface area contributed by atoms with Crippen LogP contribution in [0.15, 0.2) is 24.4 Å². The van der Waals surface area contributed by atoms with E-state index in [0.717, 1.165) is 36.3 Å². The second-order valence-corrected chi connectivity index (χ2v) is 11.4. The van der Waals surface area contributed by atoms with Crippen LogP contribution in [0, 0.1) is 6.92 Å². The fraction of sp³-hybridized carbons (Fsp3) is 0.586. The van der Waals surface area contributed by atoms with Gasteiger partial charge in [0.15, 0.2) is 0 Å². The maximum Gasteiger partial charge on any atom is 0.341 e. The maximum atomic E-state index is 13.5. The minimum absolute atomic E-state index is 0.184. The number of thiophene rings is 1. The number of rotatable bonds is 14. The highest BCUT2D eigenvalue weighted by Gasteiger charge is 2.30. The second kappa shape index (κ2) is 15.5. The molecule has 2 N–H and O–H groups in total. The molecule has 0 atom stereocenters. The molecule has 0 unspecified atom stereocenters. The van der Waals surface area contributed by atoms with Gasteiger partial charge < -0.3 is 15.0 Å². The molecular formula is C29H44N4O4S. The molecule has 0 spiro atoms. The molecule has 8 nitrogen and oxygen atoms in total. The summed E-state index contributed by atoms with van der Waals surface area (Å²) in [5.41, 5.74) is 0.923. The number of pyridine rings is 1. The lowest BCUT2D eigenvalue weighted by atomic mass is 10.1. The van der Waals surface area contributed by atoms with Crippen molar-refractivity contribution < 1.29 is 19.1 Å². The quantitative estimate of drug-likeness (QED) is 0.206. The Morgan fingerprint density at radius 1 is 1.05 bits per heavy atom. The molecule has 0 saturated carbocycles. The van der Waals surface area contributed by atoms with Gasteiger partial charge in [-0.2, -0.15) is 0 Å². The molecule has 2 heterocycles. The third kappa shape index (κ3) is 10.1. The molecule has 2 aromatic heterocycles. The fourth-order valence-electron chi connectivity index (χ4n) is 3.98. The molecule has 210 valence electrons. The van der Waals surface area contributed by atoms with Gasteiger partial charge in [-0.15, -0.1) is 11.3 Å². The predicted molar refractivity (Wildman–Crippen MR) is 154 cm³/mol. The van der Waals surface area contributed by atoms with E-state index in [-0.39, 0.29) is 11.5 Å². The summed E-state index contributed by atoms with van der Waals surface area (Å²) in [4.78, 5) is 45.8. The van der Waals surface area contributed by atoms with Crippen LogP contribution in [-0.4, -0.2) is 53.0 Å². The zero-order valence-corrected chi connectivity index (χ0v) is 24.6. The number of hydrogen-bond donors (Lipinski definition) is 2. The third-order valence-electron chi connectivity index (χ3n) is 6.02. The monoisotopic (exact) mass is 544 g/mol. The molecule has 0 aliphatic heterocycles. The van der Waals surface area contributed by atoms with Gasteiger partial charge in [-0.05, 0) is 58.7 Å². The summed E-state index contributed by atoms with van der Waals surface area (Å²) in [6.45, 7) is 12.7. The topological polar surface area (TPSA) is 101 Å². The van der Waals surface area contributed by atoms with Gasteiger partial charge in [-0.1, -0.05) is 45.1 Å². The lowest BCUT2D eigenvalue weighted by Gasteiger charge is -2.21. The van der Waals surface area contributed by atoms with Gasteiger partial charge in [0.1, 0.15) is 10.6 Å². The molecule has 0 aliphatic rings. The van der Waals surface area contributed by atoms with E-state index < -0.39 is 17.6 Å². The van der Waals surface area contributed by atoms with E-state index in [2.05, 4.69) is 22.5 Å². The average molecular weight is 545 g/mol. The highest BCUT2D eigenvalue weighted by molar-refractivity contribution is 7.18. The lowest BCUT2D eigenvalue weighted by molar-refractivity contribution is 0.00705. The standard InChI is InChI=1S/C29H44N4O4S/c1-7-9-10-11-12-14-19-31-28(36)32-25-23(27(35)37-29(4,5)6)21(3)24(38-25)26(34)33(8-2)20-17-22-16-13-15-18-30-22/h13,15-16,18H,7-12,14,17,19-20H2,1-6H3,(H2,31,32,36). The first-order valence-electron chi connectivity index (χ1n) is 13.7. The van der Waals surface area contributed by atoms with E-state index in [1.54, 1.807) is 38.8 Å². The number of unbranched alkanes of at least 4 members (excludes halogenated alkanes) is 5. The Bertz CT molecular complexity index is 1050. The summed E-state index contributed by atoms with van der Waals surface area (Å²) in [5, 5.41) is 6.00. The van der Waals surface area contributed by atoms with Crippen molar-refractivity contribution in [2.75, 3.05) is 25.0 Å². The molecule has 0 fully saturated rings. The zero-order chi connectivity index (χ0) is 28.1. The van der Waals surface area contributed by atoms with Crippen molar-refractivity contribution in [3.8, 4) is 0 Å². The number of carbonyl (C=O) groups is 3. The van der Waals surface area contributed by atoms with Crippen molar-refractivity contribution in [2.24, 2.45) is 0 Å². The molecule has 0 radical (unpaired) electrons. The van der Waals surface area contributed by atoms with Crippen LogP contribution in [-0.2, 0) is 11.2 Å². The Morgan fingerprint density at radius 2 is 1.76 bits per heavy atom. The Kier molecular flexibility index (Phi) is 12.7. The van der Waals surface area contributed by atoms with Crippen LogP contribution in [0.4, 0.5) is 9.80 Å². The van der Waals surface area contributed by atoms with E-state index >= 15 is 0 Å².